The van der Waals surface area contributed by atoms with Crippen molar-refractivity contribution < 1.29 is 5.11 Å². The molecule has 2 unspecified atom stereocenters. The maximum atomic E-state index is 10.2. The van der Waals surface area contributed by atoms with Gasteiger partial charge in [-0.15, -0.1) is 0 Å². The Kier molecular flexibility index (Phi) is 4.77. The lowest BCUT2D eigenvalue weighted by Crippen LogP contribution is -2.42. The highest BCUT2D eigenvalue weighted by molar-refractivity contribution is 7.07. The van der Waals surface area contributed by atoms with Crippen molar-refractivity contribution in [1.82, 2.24) is 5.32 Å². The van der Waals surface area contributed by atoms with Crippen LogP contribution in [0.4, 0.5) is 0 Å². The molecule has 0 aromatic carbocycles. The minimum Gasteiger partial charge on any atom is -0.389 e. The Bertz CT molecular complexity index is 269. The summed E-state index contributed by atoms with van der Waals surface area (Å²) in [7, 11) is 0. The molecule has 0 radical (unpaired) electrons. The topological polar surface area (TPSA) is 32.3 Å². The molecule has 0 bridgehead atoms. The fourth-order valence-corrected chi connectivity index (χ4v) is 2.14. The first-order valence-electron chi connectivity index (χ1n) is 5.50. The summed E-state index contributed by atoms with van der Waals surface area (Å²) in [5.74, 6) is 0.326. The van der Waals surface area contributed by atoms with Crippen molar-refractivity contribution in [3.05, 3.63) is 22.4 Å². The third-order valence-corrected chi connectivity index (χ3v) is 3.80. The highest BCUT2D eigenvalue weighted by Gasteiger charge is 2.26. The first-order chi connectivity index (χ1) is 7.06. The van der Waals surface area contributed by atoms with E-state index in [0.29, 0.717) is 12.5 Å². The van der Waals surface area contributed by atoms with Gasteiger partial charge < -0.3 is 10.4 Å². The van der Waals surface area contributed by atoms with Gasteiger partial charge in [0, 0.05) is 13.1 Å². The average Bonchev–Trinajstić information content (AvgIpc) is 2.69. The monoisotopic (exact) mass is 227 g/mol. The first kappa shape index (κ1) is 12.7. The van der Waals surface area contributed by atoms with Crippen LogP contribution in [0.3, 0.4) is 0 Å². The predicted molar refractivity (Wildman–Crippen MR) is 66.1 cm³/mol. The first-order valence-corrected chi connectivity index (χ1v) is 6.44. The highest BCUT2D eigenvalue weighted by Crippen LogP contribution is 2.19. The Labute approximate surface area is 96.3 Å². The lowest BCUT2D eigenvalue weighted by atomic mass is 9.88. The molecular formula is C12H21NOS. The summed E-state index contributed by atoms with van der Waals surface area (Å²) in [6.07, 6.45) is 1.01. The van der Waals surface area contributed by atoms with Crippen molar-refractivity contribution in [2.45, 2.75) is 39.3 Å². The minimum atomic E-state index is -0.606. The van der Waals surface area contributed by atoms with Crippen LogP contribution in [0.2, 0.25) is 0 Å². The zero-order valence-electron chi connectivity index (χ0n) is 9.79. The molecule has 15 heavy (non-hydrogen) atoms. The summed E-state index contributed by atoms with van der Waals surface area (Å²) < 4.78 is 0. The Hall–Kier alpha value is -0.380. The molecule has 0 aliphatic heterocycles. The third-order valence-electron chi connectivity index (χ3n) is 3.07. The Morgan fingerprint density at radius 2 is 2.33 bits per heavy atom. The summed E-state index contributed by atoms with van der Waals surface area (Å²) in [6.45, 7) is 7.60. The van der Waals surface area contributed by atoms with E-state index in [-0.39, 0.29) is 0 Å². The molecule has 0 amide bonds. The van der Waals surface area contributed by atoms with Crippen molar-refractivity contribution in [2.75, 3.05) is 6.54 Å². The lowest BCUT2D eigenvalue weighted by Gasteiger charge is -2.29. The molecule has 1 heterocycles. The van der Waals surface area contributed by atoms with Crippen LogP contribution in [-0.2, 0) is 6.54 Å². The molecule has 1 aromatic heterocycles. The largest absolute Gasteiger partial charge is 0.389 e. The molecule has 1 aromatic rings. The molecule has 86 valence electrons. The van der Waals surface area contributed by atoms with Gasteiger partial charge in [0.1, 0.15) is 0 Å². The quantitative estimate of drug-likeness (QED) is 0.783. The van der Waals surface area contributed by atoms with E-state index in [4.69, 9.17) is 0 Å². The van der Waals surface area contributed by atoms with Crippen LogP contribution in [0.25, 0.3) is 0 Å². The van der Waals surface area contributed by atoms with E-state index >= 15 is 0 Å². The molecule has 1 rings (SSSR count). The molecule has 0 saturated carbocycles. The number of thiophene rings is 1. The van der Waals surface area contributed by atoms with Crippen LogP contribution in [0.1, 0.15) is 32.8 Å². The summed E-state index contributed by atoms with van der Waals surface area (Å²) in [5.41, 5.74) is 0.685. The van der Waals surface area contributed by atoms with Gasteiger partial charge in [-0.3, -0.25) is 0 Å². The molecule has 3 heteroatoms. The normalized spacial score (nSPS) is 17.3. The van der Waals surface area contributed by atoms with Crippen LogP contribution < -0.4 is 5.32 Å². The predicted octanol–water partition coefficient (Wildman–Crippen LogP) is 2.63. The minimum absolute atomic E-state index is 0.326. The van der Waals surface area contributed by atoms with Gasteiger partial charge in [-0.25, -0.2) is 0 Å². The second-order valence-electron chi connectivity index (χ2n) is 4.40. The molecule has 0 fully saturated rings. The van der Waals surface area contributed by atoms with Crippen molar-refractivity contribution in [1.29, 1.82) is 0 Å². The van der Waals surface area contributed by atoms with Gasteiger partial charge in [-0.05, 0) is 35.2 Å². The molecule has 0 saturated heterocycles. The Balaban J connectivity index is 2.30. The number of hydrogen-bond acceptors (Lipinski definition) is 3. The maximum Gasteiger partial charge on any atom is 0.0768 e. The summed E-state index contributed by atoms with van der Waals surface area (Å²) in [6, 6.07) is 2.11. The molecular weight excluding hydrogens is 206 g/mol. The zero-order valence-corrected chi connectivity index (χ0v) is 10.6. The molecule has 2 nitrogen and oxygen atoms in total. The van der Waals surface area contributed by atoms with Crippen LogP contribution in [0.5, 0.6) is 0 Å². The van der Waals surface area contributed by atoms with E-state index in [1.807, 2.05) is 6.92 Å². The lowest BCUT2D eigenvalue weighted by molar-refractivity contribution is 0.00535. The van der Waals surface area contributed by atoms with E-state index in [9.17, 15) is 5.11 Å². The van der Waals surface area contributed by atoms with Crippen molar-refractivity contribution in [2.24, 2.45) is 5.92 Å². The third kappa shape index (κ3) is 3.93. The van der Waals surface area contributed by atoms with Crippen LogP contribution in [0.15, 0.2) is 16.8 Å². The van der Waals surface area contributed by atoms with Crippen molar-refractivity contribution >= 4 is 11.3 Å². The van der Waals surface area contributed by atoms with E-state index in [0.717, 1.165) is 13.0 Å². The standard InChI is InChI=1S/C12H21NOS/c1-4-10(2)12(3,14)9-13-7-11-5-6-15-8-11/h5-6,8,10,13-14H,4,7,9H2,1-3H3. The number of aliphatic hydroxyl groups is 1. The van der Waals surface area contributed by atoms with Crippen molar-refractivity contribution in [3.8, 4) is 0 Å². The van der Waals surface area contributed by atoms with Gasteiger partial charge in [0.05, 0.1) is 5.60 Å². The van der Waals surface area contributed by atoms with Gasteiger partial charge in [-0.2, -0.15) is 11.3 Å². The fourth-order valence-electron chi connectivity index (χ4n) is 1.47. The second-order valence-corrected chi connectivity index (χ2v) is 5.18. The average molecular weight is 227 g/mol. The molecule has 0 aliphatic carbocycles. The second kappa shape index (κ2) is 5.64. The number of nitrogens with one attached hydrogen (secondary N) is 1. The Morgan fingerprint density at radius 3 is 2.87 bits per heavy atom. The van der Waals surface area contributed by atoms with Gasteiger partial charge in [0.15, 0.2) is 0 Å². The van der Waals surface area contributed by atoms with Crippen LogP contribution in [0, 0.1) is 5.92 Å². The fraction of sp³-hybridized carbons (Fsp3) is 0.667. The molecule has 2 N–H and O–H groups in total. The van der Waals surface area contributed by atoms with E-state index in [1.54, 1.807) is 11.3 Å². The number of hydrogen-bond donors (Lipinski definition) is 2. The van der Waals surface area contributed by atoms with Gasteiger partial charge in [0.2, 0.25) is 0 Å². The smallest absolute Gasteiger partial charge is 0.0768 e. The van der Waals surface area contributed by atoms with E-state index in [2.05, 4.69) is 36.0 Å². The zero-order chi connectivity index (χ0) is 11.3. The van der Waals surface area contributed by atoms with Gasteiger partial charge >= 0.3 is 0 Å². The van der Waals surface area contributed by atoms with E-state index in [1.165, 1.54) is 5.56 Å². The summed E-state index contributed by atoms with van der Waals surface area (Å²) in [4.78, 5) is 0. The van der Waals surface area contributed by atoms with Crippen LogP contribution >= 0.6 is 11.3 Å². The summed E-state index contributed by atoms with van der Waals surface area (Å²) in [5, 5.41) is 17.7. The summed E-state index contributed by atoms with van der Waals surface area (Å²) >= 11 is 1.71. The van der Waals surface area contributed by atoms with Gasteiger partial charge in [0.25, 0.3) is 0 Å². The SMILES string of the molecule is CCC(C)C(C)(O)CNCc1ccsc1. The number of rotatable bonds is 6. The Morgan fingerprint density at radius 1 is 1.60 bits per heavy atom. The van der Waals surface area contributed by atoms with Gasteiger partial charge in [-0.1, -0.05) is 20.3 Å². The van der Waals surface area contributed by atoms with Crippen LogP contribution in [-0.4, -0.2) is 17.3 Å². The molecule has 0 spiro atoms. The maximum absolute atomic E-state index is 10.2. The molecule has 0 aliphatic rings. The van der Waals surface area contributed by atoms with E-state index < -0.39 is 5.60 Å². The molecule has 2 atom stereocenters. The van der Waals surface area contributed by atoms with Crippen molar-refractivity contribution in [3.63, 3.8) is 0 Å². The highest BCUT2D eigenvalue weighted by atomic mass is 32.1.